The first kappa shape index (κ1) is 9.33. The van der Waals surface area contributed by atoms with Gasteiger partial charge in [0.2, 0.25) is 0 Å². The average molecular weight is 266 g/mol. The van der Waals surface area contributed by atoms with Crippen molar-refractivity contribution in [2.75, 3.05) is 0 Å². The number of aryl methyl sites for hydroxylation is 1. The molecule has 2 aromatic heterocycles. The summed E-state index contributed by atoms with van der Waals surface area (Å²) < 4.78 is 2.85. The van der Waals surface area contributed by atoms with Gasteiger partial charge in [0, 0.05) is 0 Å². The molecule has 1 aliphatic rings. The Bertz CT molecular complexity index is 514. The third kappa shape index (κ3) is 1.47. The van der Waals surface area contributed by atoms with Gasteiger partial charge in [-0.25, -0.2) is 9.50 Å². The zero-order chi connectivity index (χ0) is 10.4. The summed E-state index contributed by atoms with van der Waals surface area (Å²) in [5, 5.41) is 4.32. The largest absolute Gasteiger partial charge is 0.212 e. The molecule has 0 amide bonds. The quantitative estimate of drug-likeness (QED) is 0.742. The van der Waals surface area contributed by atoms with E-state index in [-0.39, 0.29) is 0 Å². The Kier molecular flexibility index (Phi) is 2.06. The second-order valence-electron chi connectivity index (χ2n) is 4.17. The van der Waals surface area contributed by atoms with Crippen LogP contribution < -0.4 is 0 Å². The van der Waals surface area contributed by atoms with E-state index in [0.717, 1.165) is 22.0 Å². The molecule has 2 aromatic rings. The van der Waals surface area contributed by atoms with Crippen molar-refractivity contribution in [2.45, 2.75) is 32.1 Å². The maximum absolute atomic E-state index is 4.40. The van der Waals surface area contributed by atoms with Crippen molar-refractivity contribution in [3.8, 4) is 0 Å². The minimum absolute atomic E-state index is 0.739. The van der Waals surface area contributed by atoms with Gasteiger partial charge >= 0.3 is 0 Å². The standard InChI is InChI=1S/C11H12BrN3/c1-7-13-11-6-9(8-3-2-4-8)5-10(12)15(11)14-7/h5-6,8H,2-4H2,1H3. The third-order valence-electron chi connectivity index (χ3n) is 3.10. The fraction of sp³-hybridized carbons (Fsp3) is 0.455. The predicted molar refractivity (Wildman–Crippen MR) is 62.0 cm³/mol. The molecule has 0 aliphatic heterocycles. The van der Waals surface area contributed by atoms with E-state index >= 15 is 0 Å². The fourth-order valence-corrected chi connectivity index (χ4v) is 2.57. The first-order valence-corrected chi connectivity index (χ1v) is 6.06. The highest BCUT2D eigenvalue weighted by atomic mass is 79.9. The lowest BCUT2D eigenvalue weighted by Crippen LogP contribution is -2.09. The van der Waals surface area contributed by atoms with Crippen molar-refractivity contribution in [3.05, 3.63) is 28.1 Å². The van der Waals surface area contributed by atoms with Crippen molar-refractivity contribution in [1.82, 2.24) is 14.6 Å². The maximum Gasteiger partial charge on any atom is 0.157 e. The number of halogens is 1. The summed E-state index contributed by atoms with van der Waals surface area (Å²) in [7, 11) is 0. The highest BCUT2D eigenvalue weighted by Gasteiger charge is 2.21. The van der Waals surface area contributed by atoms with E-state index < -0.39 is 0 Å². The zero-order valence-electron chi connectivity index (χ0n) is 8.57. The molecule has 78 valence electrons. The predicted octanol–water partition coefficient (Wildman–Crippen LogP) is 3.07. The second kappa shape index (κ2) is 3.30. The maximum atomic E-state index is 4.40. The number of hydrogen-bond donors (Lipinski definition) is 0. The highest BCUT2D eigenvalue weighted by Crippen LogP contribution is 2.37. The number of aromatic nitrogens is 3. The normalized spacial score (nSPS) is 16.9. The van der Waals surface area contributed by atoms with Crippen molar-refractivity contribution >= 4 is 21.6 Å². The lowest BCUT2D eigenvalue weighted by atomic mass is 9.80. The summed E-state index contributed by atoms with van der Waals surface area (Å²) in [6.07, 6.45) is 3.99. The lowest BCUT2D eigenvalue weighted by molar-refractivity contribution is 0.419. The number of fused-ring (bicyclic) bond motifs is 1. The highest BCUT2D eigenvalue weighted by molar-refractivity contribution is 9.10. The first-order chi connectivity index (χ1) is 7.24. The van der Waals surface area contributed by atoms with Crippen LogP contribution in [0.3, 0.4) is 0 Å². The van der Waals surface area contributed by atoms with Crippen LogP contribution in [0, 0.1) is 6.92 Å². The topological polar surface area (TPSA) is 30.2 Å². The van der Waals surface area contributed by atoms with Gasteiger partial charge in [-0.1, -0.05) is 6.42 Å². The molecule has 0 unspecified atom stereocenters. The minimum atomic E-state index is 0.739. The molecule has 0 spiro atoms. The second-order valence-corrected chi connectivity index (χ2v) is 4.98. The molecule has 4 heteroatoms. The van der Waals surface area contributed by atoms with E-state index in [1.165, 1.54) is 24.8 Å². The van der Waals surface area contributed by atoms with E-state index in [4.69, 9.17) is 0 Å². The van der Waals surface area contributed by atoms with Gasteiger partial charge in [-0.3, -0.25) is 0 Å². The molecular formula is C11H12BrN3. The molecule has 0 atom stereocenters. The summed E-state index contributed by atoms with van der Waals surface area (Å²) in [5.41, 5.74) is 2.34. The summed E-state index contributed by atoms with van der Waals surface area (Å²) in [4.78, 5) is 4.40. The van der Waals surface area contributed by atoms with E-state index in [2.05, 4.69) is 38.1 Å². The molecule has 0 bridgehead atoms. The molecule has 0 aromatic carbocycles. The number of nitrogens with zero attached hydrogens (tertiary/aromatic N) is 3. The molecule has 3 nitrogen and oxygen atoms in total. The van der Waals surface area contributed by atoms with Crippen molar-refractivity contribution in [3.63, 3.8) is 0 Å². The van der Waals surface area contributed by atoms with Gasteiger partial charge in [-0.05, 0) is 59.3 Å². The Labute approximate surface area is 96.6 Å². The lowest BCUT2D eigenvalue weighted by Gasteiger charge is -2.25. The third-order valence-corrected chi connectivity index (χ3v) is 3.66. The molecule has 0 N–H and O–H groups in total. The van der Waals surface area contributed by atoms with Crippen LogP contribution in [0.5, 0.6) is 0 Å². The van der Waals surface area contributed by atoms with Gasteiger partial charge < -0.3 is 0 Å². The zero-order valence-corrected chi connectivity index (χ0v) is 10.2. The average Bonchev–Trinajstić information content (AvgIpc) is 2.42. The van der Waals surface area contributed by atoms with E-state index in [0.29, 0.717) is 0 Å². The Morgan fingerprint density at radius 1 is 1.40 bits per heavy atom. The number of rotatable bonds is 1. The van der Waals surface area contributed by atoms with Crippen LogP contribution in [0.25, 0.3) is 5.65 Å². The smallest absolute Gasteiger partial charge is 0.157 e. The van der Waals surface area contributed by atoms with Crippen LogP contribution >= 0.6 is 15.9 Å². The van der Waals surface area contributed by atoms with Crippen molar-refractivity contribution in [1.29, 1.82) is 0 Å². The van der Waals surface area contributed by atoms with E-state index in [1.807, 2.05) is 11.4 Å². The Balaban J connectivity index is 2.17. The molecule has 1 aliphatic carbocycles. The van der Waals surface area contributed by atoms with Gasteiger partial charge in [-0.15, -0.1) is 0 Å². The van der Waals surface area contributed by atoms with Crippen molar-refractivity contribution < 1.29 is 0 Å². The monoisotopic (exact) mass is 265 g/mol. The number of hydrogen-bond acceptors (Lipinski definition) is 2. The van der Waals surface area contributed by atoms with Crippen molar-refractivity contribution in [2.24, 2.45) is 0 Å². The molecule has 1 saturated carbocycles. The van der Waals surface area contributed by atoms with Crippen LogP contribution in [-0.4, -0.2) is 14.6 Å². The minimum Gasteiger partial charge on any atom is -0.212 e. The molecule has 2 heterocycles. The molecular weight excluding hydrogens is 254 g/mol. The van der Waals surface area contributed by atoms with Crippen LogP contribution in [0.15, 0.2) is 16.7 Å². The molecule has 1 fully saturated rings. The van der Waals surface area contributed by atoms with Gasteiger partial charge in [0.25, 0.3) is 0 Å². The van der Waals surface area contributed by atoms with Crippen LogP contribution in [0.4, 0.5) is 0 Å². The first-order valence-electron chi connectivity index (χ1n) is 5.27. The van der Waals surface area contributed by atoms with E-state index in [1.54, 1.807) is 0 Å². The molecule has 3 rings (SSSR count). The number of pyridine rings is 1. The van der Waals surface area contributed by atoms with Crippen LogP contribution in [-0.2, 0) is 0 Å². The molecule has 15 heavy (non-hydrogen) atoms. The summed E-state index contributed by atoms with van der Waals surface area (Å²) in [6.45, 7) is 1.92. The summed E-state index contributed by atoms with van der Waals surface area (Å²) in [5.74, 6) is 1.56. The Morgan fingerprint density at radius 3 is 2.87 bits per heavy atom. The van der Waals surface area contributed by atoms with Gasteiger partial charge in [-0.2, -0.15) is 5.10 Å². The van der Waals surface area contributed by atoms with Gasteiger partial charge in [0.05, 0.1) is 0 Å². The molecule has 0 radical (unpaired) electrons. The Hall–Kier alpha value is -0.900. The summed E-state index contributed by atoms with van der Waals surface area (Å²) in [6, 6.07) is 4.33. The summed E-state index contributed by atoms with van der Waals surface area (Å²) >= 11 is 3.54. The van der Waals surface area contributed by atoms with E-state index in [9.17, 15) is 0 Å². The van der Waals surface area contributed by atoms with Gasteiger partial charge in [0.1, 0.15) is 10.4 Å². The Morgan fingerprint density at radius 2 is 2.20 bits per heavy atom. The van der Waals surface area contributed by atoms with Gasteiger partial charge in [0.15, 0.2) is 5.65 Å². The van der Waals surface area contributed by atoms with Crippen LogP contribution in [0.1, 0.15) is 36.6 Å². The SMILES string of the molecule is Cc1nc2cc(C3CCC3)cc(Br)n2n1. The fourth-order valence-electron chi connectivity index (χ4n) is 2.05. The van der Waals surface area contributed by atoms with Crippen LogP contribution in [0.2, 0.25) is 0 Å². The molecule has 0 saturated heterocycles.